The summed E-state index contributed by atoms with van der Waals surface area (Å²) in [6.45, 7) is 5.39. The molecule has 0 aromatic heterocycles. The van der Waals surface area contributed by atoms with E-state index in [9.17, 15) is 9.59 Å². The molecule has 0 aliphatic heterocycles. The van der Waals surface area contributed by atoms with E-state index in [2.05, 4.69) is 5.32 Å². The van der Waals surface area contributed by atoms with Crippen molar-refractivity contribution < 1.29 is 19.1 Å². The van der Waals surface area contributed by atoms with Gasteiger partial charge in [0.05, 0.1) is 18.4 Å². The number of anilines is 1. The number of hydrogen-bond acceptors (Lipinski definition) is 4. The molecule has 2 aromatic carbocycles. The lowest BCUT2D eigenvalue weighted by Gasteiger charge is -2.20. The fourth-order valence-electron chi connectivity index (χ4n) is 2.11. The van der Waals surface area contributed by atoms with Crippen LogP contribution in [0, 0.1) is 0 Å². The van der Waals surface area contributed by atoms with Crippen LogP contribution < -0.4 is 5.32 Å². The lowest BCUT2D eigenvalue weighted by molar-refractivity contribution is 0.0601. The van der Waals surface area contributed by atoms with Crippen molar-refractivity contribution in [1.29, 1.82) is 0 Å². The zero-order valence-corrected chi connectivity index (χ0v) is 13.1. The first-order chi connectivity index (χ1) is 10.3. The number of esters is 1. The number of rotatable bonds is 2. The maximum atomic E-state index is 11.9. The number of carbonyl (C=O) groups is 2. The van der Waals surface area contributed by atoms with Crippen molar-refractivity contribution in [2.75, 3.05) is 12.4 Å². The Morgan fingerprint density at radius 2 is 1.64 bits per heavy atom. The second-order valence-corrected chi connectivity index (χ2v) is 5.82. The molecule has 5 nitrogen and oxygen atoms in total. The Kier molecular flexibility index (Phi) is 4.35. The lowest BCUT2D eigenvalue weighted by Crippen LogP contribution is -2.27. The van der Waals surface area contributed by atoms with Crippen molar-refractivity contribution in [3.63, 3.8) is 0 Å². The fourth-order valence-corrected chi connectivity index (χ4v) is 2.11. The Balaban J connectivity index is 2.40. The second-order valence-electron chi connectivity index (χ2n) is 5.82. The molecule has 0 aliphatic carbocycles. The Morgan fingerprint density at radius 1 is 1.00 bits per heavy atom. The van der Waals surface area contributed by atoms with Crippen molar-refractivity contribution in [2.24, 2.45) is 0 Å². The standard InChI is InChI=1S/C17H19NO4/c1-17(2,3)22-16(20)18-14-10-9-13(15(19)21-4)11-7-5-6-8-12(11)14/h5-10H,1-4H3,(H,18,20). The number of ether oxygens (including phenoxy) is 2. The fraction of sp³-hybridized carbons (Fsp3) is 0.294. The van der Waals surface area contributed by atoms with Crippen LogP contribution in [0.1, 0.15) is 31.1 Å². The third-order valence-electron chi connectivity index (χ3n) is 2.96. The molecule has 0 spiro atoms. The van der Waals surface area contributed by atoms with E-state index in [1.807, 2.05) is 24.3 Å². The number of fused-ring (bicyclic) bond motifs is 1. The van der Waals surface area contributed by atoms with Gasteiger partial charge in [0.25, 0.3) is 0 Å². The minimum atomic E-state index is -0.578. The van der Waals surface area contributed by atoms with Gasteiger partial charge in [0, 0.05) is 5.39 Å². The summed E-state index contributed by atoms with van der Waals surface area (Å²) in [4.78, 5) is 23.7. The van der Waals surface area contributed by atoms with Gasteiger partial charge in [0.1, 0.15) is 5.60 Å². The molecule has 0 aliphatic rings. The Bertz CT molecular complexity index is 716. The van der Waals surface area contributed by atoms with Crippen molar-refractivity contribution in [2.45, 2.75) is 26.4 Å². The summed E-state index contributed by atoms with van der Waals surface area (Å²) in [5.74, 6) is -0.417. The predicted octanol–water partition coefficient (Wildman–Crippen LogP) is 3.97. The van der Waals surface area contributed by atoms with Gasteiger partial charge >= 0.3 is 12.1 Å². The normalized spacial score (nSPS) is 11.1. The Morgan fingerprint density at radius 3 is 2.23 bits per heavy atom. The van der Waals surface area contributed by atoms with Gasteiger partial charge in [0.2, 0.25) is 0 Å². The number of hydrogen-bond donors (Lipinski definition) is 1. The molecule has 5 heteroatoms. The topological polar surface area (TPSA) is 64.6 Å². The van der Waals surface area contributed by atoms with Crippen molar-refractivity contribution in [1.82, 2.24) is 0 Å². The molecule has 0 radical (unpaired) electrons. The van der Waals surface area contributed by atoms with Crippen molar-refractivity contribution >= 4 is 28.5 Å². The van der Waals surface area contributed by atoms with Gasteiger partial charge in [-0.2, -0.15) is 0 Å². The summed E-state index contributed by atoms with van der Waals surface area (Å²) in [7, 11) is 1.34. The average Bonchev–Trinajstić information content (AvgIpc) is 2.45. The molecular weight excluding hydrogens is 282 g/mol. The largest absolute Gasteiger partial charge is 0.465 e. The molecular formula is C17H19NO4. The van der Waals surface area contributed by atoms with E-state index in [0.29, 0.717) is 16.6 Å². The molecule has 22 heavy (non-hydrogen) atoms. The highest BCUT2D eigenvalue weighted by Gasteiger charge is 2.18. The van der Waals surface area contributed by atoms with E-state index in [0.717, 1.165) is 5.39 Å². The number of amides is 1. The third-order valence-corrected chi connectivity index (χ3v) is 2.96. The second kappa shape index (κ2) is 6.05. The first-order valence-electron chi connectivity index (χ1n) is 6.92. The van der Waals surface area contributed by atoms with E-state index < -0.39 is 17.7 Å². The van der Waals surface area contributed by atoms with Gasteiger partial charge < -0.3 is 9.47 Å². The third kappa shape index (κ3) is 3.55. The molecule has 1 N–H and O–H groups in total. The molecule has 2 rings (SSSR count). The van der Waals surface area contributed by atoms with E-state index >= 15 is 0 Å². The molecule has 0 fully saturated rings. The Labute approximate surface area is 129 Å². The van der Waals surface area contributed by atoms with Gasteiger partial charge in [-0.1, -0.05) is 24.3 Å². The molecule has 0 saturated carbocycles. The van der Waals surface area contributed by atoms with Gasteiger partial charge in [-0.25, -0.2) is 9.59 Å². The maximum absolute atomic E-state index is 11.9. The van der Waals surface area contributed by atoms with Crippen LogP contribution in [-0.4, -0.2) is 24.8 Å². The summed E-state index contributed by atoms with van der Waals surface area (Å²) in [5.41, 5.74) is 0.455. The summed E-state index contributed by atoms with van der Waals surface area (Å²) in [5, 5.41) is 4.17. The van der Waals surface area contributed by atoms with Crippen LogP contribution in [0.4, 0.5) is 10.5 Å². The van der Waals surface area contributed by atoms with E-state index in [1.165, 1.54) is 7.11 Å². The summed E-state index contributed by atoms with van der Waals surface area (Å²) < 4.78 is 10.0. The monoisotopic (exact) mass is 301 g/mol. The van der Waals surface area contributed by atoms with Crippen LogP contribution in [0.15, 0.2) is 36.4 Å². The molecule has 0 atom stereocenters. The van der Waals surface area contributed by atoms with Crippen LogP contribution in [0.25, 0.3) is 10.8 Å². The first kappa shape index (κ1) is 15.8. The number of methoxy groups -OCH3 is 1. The van der Waals surface area contributed by atoms with Gasteiger partial charge in [-0.3, -0.25) is 5.32 Å². The highest BCUT2D eigenvalue weighted by Crippen LogP contribution is 2.27. The van der Waals surface area contributed by atoms with Crippen molar-refractivity contribution in [3.05, 3.63) is 42.0 Å². The van der Waals surface area contributed by atoms with E-state index in [4.69, 9.17) is 9.47 Å². The zero-order valence-electron chi connectivity index (χ0n) is 13.1. The minimum Gasteiger partial charge on any atom is -0.465 e. The molecule has 0 unspecified atom stereocenters. The van der Waals surface area contributed by atoms with Crippen LogP contribution in [0.2, 0.25) is 0 Å². The molecule has 1 amide bonds. The Hall–Kier alpha value is -2.56. The summed E-state index contributed by atoms with van der Waals surface area (Å²) >= 11 is 0. The average molecular weight is 301 g/mol. The quantitative estimate of drug-likeness (QED) is 0.852. The highest BCUT2D eigenvalue weighted by atomic mass is 16.6. The predicted molar refractivity (Wildman–Crippen MR) is 85.1 cm³/mol. The van der Waals surface area contributed by atoms with Gasteiger partial charge in [0.15, 0.2) is 0 Å². The van der Waals surface area contributed by atoms with E-state index in [-0.39, 0.29) is 0 Å². The SMILES string of the molecule is COC(=O)c1ccc(NC(=O)OC(C)(C)C)c2ccccc12. The number of benzene rings is 2. The van der Waals surface area contributed by atoms with E-state index in [1.54, 1.807) is 32.9 Å². The number of carbonyl (C=O) groups excluding carboxylic acids is 2. The minimum absolute atomic E-state index is 0.417. The van der Waals surface area contributed by atoms with Crippen LogP contribution in [-0.2, 0) is 9.47 Å². The first-order valence-corrected chi connectivity index (χ1v) is 6.92. The van der Waals surface area contributed by atoms with Crippen LogP contribution in [0.3, 0.4) is 0 Å². The number of nitrogens with one attached hydrogen (secondary N) is 1. The highest BCUT2D eigenvalue weighted by molar-refractivity contribution is 6.10. The zero-order chi connectivity index (χ0) is 16.3. The van der Waals surface area contributed by atoms with Crippen LogP contribution >= 0.6 is 0 Å². The van der Waals surface area contributed by atoms with Crippen molar-refractivity contribution in [3.8, 4) is 0 Å². The molecule has 116 valence electrons. The molecule has 0 bridgehead atoms. The summed E-state index contributed by atoms with van der Waals surface area (Å²) in [6.07, 6.45) is -0.538. The molecule has 0 saturated heterocycles. The smallest absolute Gasteiger partial charge is 0.412 e. The molecule has 2 aromatic rings. The summed E-state index contributed by atoms with van der Waals surface area (Å²) in [6, 6.07) is 10.6. The maximum Gasteiger partial charge on any atom is 0.412 e. The molecule has 0 heterocycles. The lowest BCUT2D eigenvalue weighted by atomic mass is 10.0. The van der Waals surface area contributed by atoms with Gasteiger partial charge in [-0.15, -0.1) is 0 Å². The van der Waals surface area contributed by atoms with Crippen LogP contribution in [0.5, 0.6) is 0 Å². The van der Waals surface area contributed by atoms with Gasteiger partial charge in [-0.05, 0) is 38.3 Å².